The average Bonchev–Trinajstić information content (AvgIpc) is 2.43. The highest BCUT2D eigenvalue weighted by molar-refractivity contribution is 5.76. The lowest BCUT2D eigenvalue weighted by atomic mass is 9.97. The summed E-state index contributed by atoms with van der Waals surface area (Å²) in [6.07, 6.45) is 0.459. The van der Waals surface area contributed by atoms with Gasteiger partial charge in [-0.2, -0.15) is 0 Å². The molecule has 7 heteroatoms. The van der Waals surface area contributed by atoms with Gasteiger partial charge < -0.3 is 14.2 Å². The van der Waals surface area contributed by atoms with Gasteiger partial charge in [0.2, 0.25) is 6.29 Å². The topological polar surface area (TPSA) is 91.3 Å². The molecule has 0 fully saturated rings. The fraction of sp³-hybridized carbons (Fsp3) is 0.750. The van der Waals surface area contributed by atoms with Crippen LogP contribution in [0, 0.1) is 10.8 Å². The summed E-state index contributed by atoms with van der Waals surface area (Å²) in [5, 5.41) is 8.72. The minimum absolute atomic E-state index is 0.123. The van der Waals surface area contributed by atoms with Crippen LogP contribution < -0.4 is 0 Å². The second-order valence-electron chi connectivity index (χ2n) is 7.50. The van der Waals surface area contributed by atoms with E-state index in [0.29, 0.717) is 0 Å². The standard InChI is InChI=1S/C16H26O7/c1-15(2,3)13(17)20-9-11-10(7-8-12(21-11)23-19)22-14(18)16(4,5)6/h7-8,10-12,19H,9H2,1-6H3/t10-,11+,12+/m0/s1. The van der Waals surface area contributed by atoms with Crippen molar-refractivity contribution in [1.29, 1.82) is 0 Å². The van der Waals surface area contributed by atoms with Crippen LogP contribution >= 0.6 is 0 Å². The first kappa shape index (κ1) is 19.6. The molecular weight excluding hydrogens is 304 g/mol. The van der Waals surface area contributed by atoms with Crippen LogP contribution in [0.3, 0.4) is 0 Å². The number of esters is 2. The summed E-state index contributed by atoms with van der Waals surface area (Å²) >= 11 is 0. The van der Waals surface area contributed by atoms with Gasteiger partial charge in [-0.3, -0.25) is 9.59 Å². The van der Waals surface area contributed by atoms with Crippen molar-refractivity contribution < 1.29 is 33.9 Å². The van der Waals surface area contributed by atoms with Crippen LogP contribution in [0.4, 0.5) is 0 Å². The van der Waals surface area contributed by atoms with Gasteiger partial charge in [-0.15, -0.1) is 0 Å². The minimum Gasteiger partial charge on any atom is -0.462 e. The first-order valence-electron chi connectivity index (χ1n) is 7.47. The summed E-state index contributed by atoms with van der Waals surface area (Å²) < 4.78 is 16.0. The number of rotatable bonds is 4. The summed E-state index contributed by atoms with van der Waals surface area (Å²) in [5.74, 6) is -0.815. The summed E-state index contributed by atoms with van der Waals surface area (Å²) in [6, 6.07) is 0. The third-order valence-electron chi connectivity index (χ3n) is 3.08. The van der Waals surface area contributed by atoms with E-state index in [1.807, 2.05) is 0 Å². The molecule has 1 aliphatic heterocycles. The molecule has 0 aliphatic carbocycles. The maximum absolute atomic E-state index is 12.0. The number of carbonyl (C=O) groups is 2. The van der Waals surface area contributed by atoms with Crippen LogP contribution in [0.25, 0.3) is 0 Å². The van der Waals surface area contributed by atoms with E-state index >= 15 is 0 Å². The molecule has 0 unspecified atom stereocenters. The Bertz CT molecular complexity index is 456. The smallest absolute Gasteiger partial charge is 0.311 e. The summed E-state index contributed by atoms with van der Waals surface area (Å²) in [5.41, 5.74) is -1.33. The molecule has 1 aliphatic rings. The van der Waals surface area contributed by atoms with Gasteiger partial charge in [0.05, 0.1) is 10.8 Å². The van der Waals surface area contributed by atoms with E-state index < -0.39 is 41.3 Å². The average molecular weight is 330 g/mol. The second-order valence-corrected chi connectivity index (χ2v) is 7.50. The molecule has 1 N–H and O–H groups in total. The monoisotopic (exact) mass is 330 g/mol. The predicted octanol–water partition coefficient (Wildman–Crippen LogP) is 2.30. The maximum Gasteiger partial charge on any atom is 0.311 e. The fourth-order valence-electron chi connectivity index (χ4n) is 1.60. The summed E-state index contributed by atoms with van der Waals surface area (Å²) in [6.45, 7) is 10.3. The van der Waals surface area contributed by atoms with Crippen molar-refractivity contribution in [3.8, 4) is 0 Å². The quantitative estimate of drug-likeness (QED) is 0.366. The lowest BCUT2D eigenvalue weighted by Gasteiger charge is -2.32. The predicted molar refractivity (Wildman–Crippen MR) is 81.3 cm³/mol. The molecule has 0 bridgehead atoms. The Kier molecular flexibility index (Phi) is 6.33. The molecule has 0 radical (unpaired) electrons. The third-order valence-corrected chi connectivity index (χ3v) is 3.08. The molecule has 0 aromatic carbocycles. The number of hydrogen-bond acceptors (Lipinski definition) is 7. The summed E-state index contributed by atoms with van der Waals surface area (Å²) in [7, 11) is 0. The van der Waals surface area contributed by atoms with Crippen LogP contribution in [0.2, 0.25) is 0 Å². The molecule has 0 saturated carbocycles. The summed E-state index contributed by atoms with van der Waals surface area (Å²) in [4.78, 5) is 28.0. The molecule has 7 nitrogen and oxygen atoms in total. The van der Waals surface area contributed by atoms with E-state index in [0.717, 1.165) is 0 Å². The molecule has 1 rings (SSSR count). The Labute approximate surface area is 136 Å². The Morgan fingerprint density at radius 2 is 1.61 bits per heavy atom. The van der Waals surface area contributed by atoms with E-state index in [2.05, 4.69) is 4.89 Å². The number of carbonyl (C=O) groups excluding carboxylic acids is 2. The van der Waals surface area contributed by atoms with Gasteiger partial charge in [-0.05, 0) is 53.7 Å². The first-order valence-corrected chi connectivity index (χ1v) is 7.47. The zero-order valence-corrected chi connectivity index (χ0v) is 14.5. The van der Waals surface area contributed by atoms with Crippen molar-refractivity contribution in [3.05, 3.63) is 12.2 Å². The van der Waals surface area contributed by atoms with Crippen molar-refractivity contribution in [2.75, 3.05) is 6.61 Å². The zero-order valence-electron chi connectivity index (χ0n) is 14.5. The SMILES string of the molecule is CC(C)(C)C(=O)OC[C@H]1O[C@H](OO)C=C[C@@H]1OC(=O)C(C)(C)C. The zero-order chi connectivity index (χ0) is 17.8. The fourth-order valence-corrected chi connectivity index (χ4v) is 1.60. The van der Waals surface area contributed by atoms with Crippen LogP contribution in [0.1, 0.15) is 41.5 Å². The van der Waals surface area contributed by atoms with Gasteiger partial charge in [0.15, 0.2) is 0 Å². The minimum atomic E-state index is -1.00. The first-order chi connectivity index (χ1) is 10.4. The highest BCUT2D eigenvalue weighted by Gasteiger charge is 2.35. The Balaban J connectivity index is 2.76. The van der Waals surface area contributed by atoms with Crippen molar-refractivity contribution in [1.82, 2.24) is 0 Å². The molecular formula is C16H26O7. The van der Waals surface area contributed by atoms with Gasteiger partial charge in [-0.25, -0.2) is 10.1 Å². The van der Waals surface area contributed by atoms with Crippen LogP contribution in [-0.4, -0.2) is 42.3 Å². The molecule has 0 saturated heterocycles. The van der Waals surface area contributed by atoms with E-state index in [4.69, 9.17) is 19.5 Å². The van der Waals surface area contributed by atoms with E-state index in [-0.39, 0.29) is 6.61 Å². The van der Waals surface area contributed by atoms with E-state index in [1.54, 1.807) is 47.6 Å². The van der Waals surface area contributed by atoms with Gasteiger partial charge in [0.1, 0.15) is 18.8 Å². The van der Waals surface area contributed by atoms with E-state index in [1.165, 1.54) is 6.08 Å². The number of ether oxygens (including phenoxy) is 3. The van der Waals surface area contributed by atoms with Crippen molar-refractivity contribution in [2.24, 2.45) is 10.8 Å². The van der Waals surface area contributed by atoms with Crippen molar-refractivity contribution >= 4 is 11.9 Å². The van der Waals surface area contributed by atoms with Gasteiger partial charge in [-0.1, -0.05) is 0 Å². The van der Waals surface area contributed by atoms with Gasteiger partial charge in [0.25, 0.3) is 0 Å². The van der Waals surface area contributed by atoms with Crippen LogP contribution in [0.15, 0.2) is 12.2 Å². The van der Waals surface area contributed by atoms with Crippen LogP contribution in [0.5, 0.6) is 0 Å². The maximum atomic E-state index is 12.0. The molecule has 1 heterocycles. The van der Waals surface area contributed by atoms with E-state index in [9.17, 15) is 9.59 Å². The lowest BCUT2D eigenvalue weighted by molar-refractivity contribution is -0.345. The molecule has 0 aromatic rings. The Hall–Kier alpha value is -1.44. The molecule has 23 heavy (non-hydrogen) atoms. The van der Waals surface area contributed by atoms with Gasteiger partial charge in [0, 0.05) is 0 Å². The highest BCUT2D eigenvalue weighted by atomic mass is 17.1. The number of hydrogen-bond donors (Lipinski definition) is 1. The largest absolute Gasteiger partial charge is 0.462 e. The van der Waals surface area contributed by atoms with Crippen molar-refractivity contribution in [3.63, 3.8) is 0 Å². The third kappa shape index (κ3) is 5.93. The molecule has 0 aromatic heterocycles. The van der Waals surface area contributed by atoms with Crippen LogP contribution in [-0.2, 0) is 28.7 Å². The Morgan fingerprint density at radius 3 is 2.09 bits per heavy atom. The second kappa shape index (κ2) is 7.42. The van der Waals surface area contributed by atoms with Crippen molar-refractivity contribution in [2.45, 2.75) is 60.0 Å². The molecule has 3 atom stereocenters. The highest BCUT2D eigenvalue weighted by Crippen LogP contribution is 2.23. The normalized spacial score (nSPS) is 25.1. The molecule has 0 spiro atoms. The molecule has 132 valence electrons. The lowest BCUT2D eigenvalue weighted by Crippen LogP contribution is -2.44. The molecule has 0 amide bonds. The Morgan fingerprint density at radius 1 is 1.04 bits per heavy atom. The van der Waals surface area contributed by atoms with Gasteiger partial charge >= 0.3 is 11.9 Å².